The van der Waals surface area contributed by atoms with Crippen LogP contribution in [0.4, 0.5) is 13.2 Å². The molecule has 0 saturated carbocycles. The van der Waals surface area contributed by atoms with Crippen molar-refractivity contribution < 1.29 is 31.9 Å². The van der Waals surface area contributed by atoms with Gasteiger partial charge in [0, 0.05) is 5.56 Å². The summed E-state index contributed by atoms with van der Waals surface area (Å²) in [7, 11) is 0. The molecule has 0 saturated heterocycles. The highest BCUT2D eigenvalue weighted by atomic mass is 19.4. The molecular formula is C25H25F3O4. The molecule has 170 valence electrons. The maximum atomic E-state index is 12.8. The van der Waals surface area contributed by atoms with E-state index in [0.717, 1.165) is 47.4 Å². The smallest absolute Gasteiger partial charge is 0.416 e. The van der Waals surface area contributed by atoms with Crippen molar-refractivity contribution in [1.82, 2.24) is 0 Å². The predicted octanol–water partition coefficient (Wildman–Crippen LogP) is 6.31. The van der Waals surface area contributed by atoms with Gasteiger partial charge in [0.1, 0.15) is 17.3 Å². The zero-order valence-electron chi connectivity index (χ0n) is 18.2. The molecule has 0 fully saturated rings. The summed E-state index contributed by atoms with van der Waals surface area (Å²) in [6.45, 7) is 5.69. The van der Waals surface area contributed by atoms with Crippen LogP contribution in [-0.4, -0.2) is 19.2 Å². The fourth-order valence-electron chi connectivity index (χ4n) is 3.38. The minimum absolute atomic E-state index is 0.130. The van der Waals surface area contributed by atoms with Gasteiger partial charge in [-0.25, -0.2) is 4.79 Å². The third-order valence-electron chi connectivity index (χ3n) is 5.09. The fourth-order valence-corrected chi connectivity index (χ4v) is 3.38. The number of carbonyl (C=O) groups is 1. The molecule has 7 heteroatoms. The Morgan fingerprint density at radius 1 is 1.00 bits per heavy atom. The van der Waals surface area contributed by atoms with E-state index in [1.807, 2.05) is 38.1 Å². The van der Waals surface area contributed by atoms with Crippen LogP contribution in [0.2, 0.25) is 0 Å². The lowest BCUT2D eigenvalue weighted by Gasteiger charge is -2.10. The lowest BCUT2D eigenvalue weighted by atomic mass is 10.0. The number of alkyl halides is 3. The number of carbonyl (C=O) groups excluding carboxylic acids is 1. The highest BCUT2D eigenvalue weighted by Gasteiger charge is 2.30. The van der Waals surface area contributed by atoms with E-state index >= 15 is 0 Å². The SMILES string of the molecule is CCOC(=O)COc1ccc(CCc2cc(-c3ccc(C(F)(F)F)cc3)oc2C)cc1C. The lowest BCUT2D eigenvalue weighted by Crippen LogP contribution is -2.15. The number of benzene rings is 2. The number of aryl methyl sites for hydroxylation is 4. The number of esters is 1. The molecule has 0 N–H and O–H groups in total. The molecule has 0 amide bonds. The summed E-state index contributed by atoms with van der Waals surface area (Å²) in [4.78, 5) is 11.4. The van der Waals surface area contributed by atoms with E-state index in [4.69, 9.17) is 13.9 Å². The number of hydrogen-bond acceptors (Lipinski definition) is 4. The number of rotatable bonds is 8. The highest BCUT2D eigenvalue weighted by Crippen LogP contribution is 2.32. The first kappa shape index (κ1) is 23.4. The summed E-state index contributed by atoms with van der Waals surface area (Å²) < 4.78 is 54.4. The third kappa shape index (κ3) is 5.93. The van der Waals surface area contributed by atoms with Gasteiger partial charge in [-0.1, -0.05) is 24.3 Å². The Morgan fingerprint density at radius 2 is 1.72 bits per heavy atom. The van der Waals surface area contributed by atoms with Gasteiger partial charge >= 0.3 is 12.1 Å². The summed E-state index contributed by atoms with van der Waals surface area (Å²) in [6.07, 6.45) is -2.88. The van der Waals surface area contributed by atoms with E-state index in [0.29, 0.717) is 23.7 Å². The number of furan rings is 1. The van der Waals surface area contributed by atoms with Gasteiger partial charge in [-0.3, -0.25) is 0 Å². The topological polar surface area (TPSA) is 48.7 Å². The van der Waals surface area contributed by atoms with E-state index in [1.54, 1.807) is 6.92 Å². The Bertz CT molecular complexity index is 1070. The molecule has 3 rings (SSSR count). The standard InChI is InChI=1S/C25H25F3O4/c1-4-30-24(29)15-31-22-12-6-18(13-16(22)2)5-7-20-14-23(32-17(20)3)19-8-10-21(11-9-19)25(26,27)28/h6,8-14H,4-5,7,15H2,1-3H3. The molecule has 2 aromatic carbocycles. The second-order valence-corrected chi connectivity index (χ2v) is 7.46. The molecule has 0 unspecified atom stereocenters. The van der Waals surface area contributed by atoms with Crippen LogP contribution in [0.15, 0.2) is 52.9 Å². The molecule has 0 aliphatic rings. The normalized spacial score (nSPS) is 11.4. The van der Waals surface area contributed by atoms with E-state index < -0.39 is 17.7 Å². The molecule has 32 heavy (non-hydrogen) atoms. The molecular weight excluding hydrogens is 421 g/mol. The molecule has 0 aliphatic carbocycles. The first-order valence-electron chi connectivity index (χ1n) is 10.3. The van der Waals surface area contributed by atoms with Crippen LogP contribution in [-0.2, 0) is 28.5 Å². The van der Waals surface area contributed by atoms with Gasteiger partial charge in [0.25, 0.3) is 0 Å². The fraction of sp³-hybridized carbons (Fsp3) is 0.320. The van der Waals surface area contributed by atoms with Crippen LogP contribution in [0.3, 0.4) is 0 Å². The van der Waals surface area contributed by atoms with E-state index in [2.05, 4.69) is 0 Å². The molecule has 0 bridgehead atoms. The number of ether oxygens (including phenoxy) is 2. The summed E-state index contributed by atoms with van der Waals surface area (Å²) in [6, 6.07) is 12.6. The van der Waals surface area contributed by atoms with Gasteiger partial charge in [0.15, 0.2) is 6.61 Å². The van der Waals surface area contributed by atoms with Crippen LogP contribution in [0, 0.1) is 13.8 Å². The second-order valence-electron chi connectivity index (χ2n) is 7.46. The second kappa shape index (κ2) is 9.94. The minimum atomic E-state index is -4.36. The van der Waals surface area contributed by atoms with Crippen LogP contribution in [0.25, 0.3) is 11.3 Å². The quantitative estimate of drug-likeness (QED) is 0.381. The van der Waals surface area contributed by atoms with Crippen molar-refractivity contribution >= 4 is 5.97 Å². The zero-order chi connectivity index (χ0) is 23.3. The van der Waals surface area contributed by atoms with Gasteiger partial charge < -0.3 is 13.9 Å². The first-order valence-corrected chi connectivity index (χ1v) is 10.3. The van der Waals surface area contributed by atoms with Gasteiger partial charge in [0.05, 0.1) is 12.2 Å². The zero-order valence-corrected chi connectivity index (χ0v) is 18.2. The van der Waals surface area contributed by atoms with Crippen LogP contribution < -0.4 is 4.74 Å². The molecule has 4 nitrogen and oxygen atoms in total. The average Bonchev–Trinajstić information content (AvgIpc) is 3.12. The third-order valence-corrected chi connectivity index (χ3v) is 5.09. The summed E-state index contributed by atoms with van der Waals surface area (Å²) in [5, 5.41) is 0. The number of halogens is 3. The van der Waals surface area contributed by atoms with Gasteiger partial charge in [0.2, 0.25) is 0 Å². The Morgan fingerprint density at radius 3 is 2.34 bits per heavy atom. The molecule has 0 atom stereocenters. The maximum Gasteiger partial charge on any atom is 0.416 e. The van der Waals surface area contributed by atoms with Gasteiger partial charge in [-0.15, -0.1) is 0 Å². The average molecular weight is 446 g/mol. The van der Waals surface area contributed by atoms with Crippen molar-refractivity contribution in [2.45, 2.75) is 39.8 Å². The molecule has 0 aliphatic heterocycles. The Balaban J connectivity index is 1.63. The van der Waals surface area contributed by atoms with Gasteiger partial charge in [-0.05, 0) is 74.6 Å². The molecule has 0 spiro atoms. The first-order chi connectivity index (χ1) is 15.2. The van der Waals surface area contributed by atoms with Crippen molar-refractivity contribution in [2.75, 3.05) is 13.2 Å². The monoisotopic (exact) mass is 446 g/mol. The van der Waals surface area contributed by atoms with Crippen molar-refractivity contribution in [3.63, 3.8) is 0 Å². The summed E-state index contributed by atoms with van der Waals surface area (Å²) in [5.74, 6) is 1.51. The van der Waals surface area contributed by atoms with Crippen molar-refractivity contribution in [2.24, 2.45) is 0 Å². The molecule has 1 heterocycles. The lowest BCUT2D eigenvalue weighted by molar-refractivity contribution is -0.145. The highest BCUT2D eigenvalue weighted by molar-refractivity contribution is 5.71. The maximum absolute atomic E-state index is 12.8. The van der Waals surface area contributed by atoms with Crippen LogP contribution >= 0.6 is 0 Å². The van der Waals surface area contributed by atoms with Crippen molar-refractivity contribution in [3.05, 3.63) is 76.5 Å². The largest absolute Gasteiger partial charge is 0.482 e. The van der Waals surface area contributed by atoms with Crippen LogP contribution in [0.5, 0.6) is 5.75 Å². The van der Waals surface area contributed by atoms with E-state index in [9.17, 15) is 18.0 Å². The summed E-state index contributed by atoms with van der Waals surface area (Å²) in [5.41, 5.74) is 2.94. The van der Waals surface area contributed by atoms with Crippen LogP contribution in [0.1, 0.15) is 34.9 Å². The molecule has 0 radical (unpaired) electrons. The molecule has 3 aromatic rings. The van der Waals surface area contributed by atoms with E-state index in [-0.39, 0.29) is 6.61 Å². The van der Waals surface area contributed by atoms with Crippen molar-refractivity contribution in [1.29, 1.82) is 0 Å². The molecule has 1 aromatic heterocycles. The van der Waals surface area contributed by atoms with Gasteiger partial charge in [-0.2, -0.15) is 13.2 Å². The Kier molecular flexibility index (Phi) is 7.28. The Hall–Kier alpha value is -3.22. The Labute approximate surface area is 185 Å². The van der Waals surface area contributed by atoms with E-state index in [1.165, 1.54) is 12.1 Å². The predicted molar refractivity (Wildman–Crippen MR) is 115 cm³/mol. The number of hydrogen-bond donors (Lipinski definition) is 0. The summed E-state index contributed by atoms with van der Waals surface area (Å²) >= 11 is 0. The van der Waals surface area contributed by atoms with Crippen molar-refractivity contribution in [3.8, 4) is 17.1 Å². The minimum Gasteiger partial charge on any atom is -0.482 e.